The lowest BCUT2D eigenvalue weighted by atomic mass is 10.0. The Labute approximate surface area is 119 Å². The summed E-state index contributed by atoms with van der Waals surface area (Å²) in [5, 5.41) is 21.6. The van der Waals surface area contributed by atoms with Crippen molar-refractivity contribution in [1.82, 2.24) is 10.2 Å². The molecule has 5 nitrogen and oxygen atoms in total. The lowest BCUT2D eigenvalue weighted by Gasteiger charge is -2.32. The molecule has 0 atom stereocenters. The molecule has 1 amide bonds. The highest BCUT2D eigenvalue weighted by Crippen LogP contribution is 2.25. The van der Waals surface area contributed by atoms with Crippen LogP contribution in [0.3, 0.4) is 0 Å². The van der Waals surface area contributed by atoms with Gasteiger partial charge in [-0.3, -0.25) is 4.79 Å². The summed E-state index contributed by atoms with van der Waals surface area (Å²) in [6, 6.07) is 4.31. The summed E-state index contributed by atoms with van der Waals surface area (Å²) in [7, 11) is 0. The van der Waals surface area contributed by atoms with Crippen LogP contribution < -0.4 is 5.32 Å². The first-order valence-corrected chi connectivity index (χ1v) is 7.15. The van der Waals surface area contributed by atoms with Gasteiger partial charge in [0.2, 0.25) is 0 Å². The predicted molar refractivity (Wildman–Crippen MR) is 77.0 cm³/mol. The van der Waals surface area contributed by atoms with E-state index >= 15 is 0 Å². The molecular formula is C15H22N2O3. The van der Waals surface area contributed by atoms with Crippen LogP contribution in [-0.2, 0) is 0 Å². The fraction of sp³-hybridized carbons (Fsp3) is 0.533. The number of phenols is 2. The monoisotopic (exact) mass is 278 g/mol. The van der Waals surface area contributed by atoms with E-state index in [1.54, 1.807) is 0 Å². The molecule has 0 saturated carbocycles. The molecule has 1 fully saturated rings. The fourth-order valence-electron chi connectivity index (χ4n) is 2.55. The highest BCUT2D eigenvalue weighted by atomic mass is 16.3. The van der Waals surface area contributed by atoms with E-state index in [0.717, 1.165) is 38.9 Å². The molecule has 0 spiro atoms. The van der Waals surface area contributed by atoms with E-state index in [9.17, 15) is 15.0 Å². The largest absolute Gasteiger partial charge is 0.504 e. The van der Waals surface area contributed by atoms with Crippen molar-refractivity contribution in [2.45, 2.75) is 32.2 Å². The molecule has 1 aliphatic heterocycles. The van der Waals surface area contributed by atoms with Gasteiger partial charge in [0.25, 0.3) is 5.91 Å². The molecular weight excluding hydrogens is 256 g/mol. The molecule has 110 valence electrons. The van der Waals surface area contributed by atoms with Gasteiger partial charge < -0.3 is 20.4 Å². The number of carbonyl (C=O) groups is 1. The molecule has 5 heteroatoms. The molecule has 1 aromatic carbocycles. The Hall–Kier alpha value is -1.75. The third-order valence-electron chi connectivity index (χ3n) is 3.70. The van der Waals surface area contributed by atoms with Gasteiger partial charge >= 0.3 is 0 Å². The van der Waals surface area contributed by atoms with Crippen molar-refractivity contribution in [2.24, 2.45) is 0 Å². The van der Waals surface area contributed by atoms with Gasteiger partial charge in [-0.05, 0) is 44.0 Å². The van der Waals surface area contributed by atoms with E-state index < -0.39 is 0 Å². The van der Waals surface area contributed by atoms with Crippen LogP contribution >= 0.6 is 0 Å². The number of nitrogens with one attached hydrogen (secondary N) is 1. The van der Waals surface area contributed by atoms with Crippen LogP contribution in [0.25, 0.3) is 0 Å². The lowest BCUT2D eigenvalue weighted by Crippen LogP contribution is -2.44. The number of aromatic hydroxyl groups is 2. The number of hydrogen-bond donors (Lipinski definition) is 3. The van der Waals surface area contributed by atoms with E-state index in [1.165, 1.54) is 18.2 Å². The van der Waals surface area contributed by atoms with Crippen LogP contribution in [0.2, 0.25) is 0 Å². The SMILES string of the molecule is CCCN1CCC(NC(=O)c2ccc(O)c(O)c2)CC1. The van der Waals surface area contributed by atoms with Crippen LogP contribution in [0.15, 0.2) is 18.2 Å². The van der Waals surface area contributed by atoms with Crippen molar-refractivity contribution < 1.29 is 15.0 Å². The molecule has 0 radical (unpaired) electrons. The lowest BCUT2D eigenvalue weighted by molar-refractivity contribution is 0.0910. The smallest absolute Gasteiger partial charge is 0.251 e. The molecule has 1 saturated heterocycles. The normalized spacial score (nSPS) is 17.1. The van der Waals surface area contributed by atoms with Crippen LogP contribution in [-0.4, -0.2) is 46.7 Å². The Balaban J connectivity index is 1.87. The maximum absolute atomic E-state index is 12.1. The number of likely N-dealkylation sites (tertiary alicyclic amines) is 1. The third-order valence-corrected chi connectivity index (χ3v) is 3.70. The second-order valence-electron chi connectivity index (χ2n) is 5.29. The summed E-state index contributed by atoms with van der Waals surface area (Å²) < 4.78 is 0. The number of nitrogens with zero attached hydrogens (tertiary/aromatic N) is 1. The predicted octanol–water partition coefficient (Wildman–Crippen LogP) is 1.70. The number of phenolic OH excluding ortho intramolecular Hbond substituents is 2. The summed E-state index contributed by atoms with van der Waals surface area (Å²) in [6.45, 7) is 5.32. The first kappa shape index (κ1) is 14.7. The molecule has 1 heterocycles. The first-order chi connectivity index (χ1) is 9.60. The van der Waals surface area contributed by atoms with Crippen molar-refractivity contribution in [3.8, 4) is 11.5 Å². The molecule has 3 N–H and O–H groups in total. The zero-order chi connectivity index (χ0) is 14.5. The van der Waals surface area contributed by atoms with Crippen molar-refractivity contribution in [2.75, 3.05) is 19.6 Å². The van der Waals surface area contributed by atoms with Gasteiger partial charge in [-0.1, -0.05) is 6.92 Å². The van der Waals surface area contributed by atoms with Gasteiger partial charge in [-0.2, -0.15) is 0 Å². The number of benzene rings is 1. The van der Waals surface area contributed by atoms with Crippen molar-refractivity contribution >= 4 is 5.91 Å². The van der Waals surface area contributed by atoms with E-state index in [0.29, 0.717) is 5.56 Å². The second-order valence-corrected chi connectivity index (χ2v) is 5.29. The van der Waals surface area contributed by atoms with Gasteiger partial charge in [0.1, 0.15) is 0 Å². The standard InChI is InChI=1S/C15H22N2O3/c1-2-7-17-8-5-12(6-9-17)16-15(20)11-3-4-13(18)14(19)10-11/h3-4,10,12,18-19H,2,5-9H2,1H3,(H,16,20). The maximum atomic E-state index is 12.1. The average molecular weight is 278 g/mol. The molecule has 0 unspecified atom stereocenters. The van der Waals surface area contributed by atoms with Crippen molar-refractivity contribution in [1.29, 1.82) is 0 Å². The first-order valence-electron chi connectivity index (χ1n) is 7.15. The van der Waals surface area contributed by atoms with E-state index in [1.807, 2.05) is 0 Å². The second kappa shape index (κ2) is 6.61. The van der Waals surface area contributed by atoms with Crippen molar-refractivity contribution in [3.63, 3.8) is 0 Å². The van der Waals surface area contributed by atoms with Crippen LogP contribution in [0.5, 0.6) is 11.5 Å². The van der Waals surface area contributed by atoms with Crippen LogP contribution in [0, 0.1) is 0 Å². The Morgan fingerprint density at radius 1 is 1.30 bits per heavy atom. The van der Waals surface area contributed by atoms with Crippen LogP contribution in [0.1, 0.15) is 36.5 Å². The van der Waals surface area contributed by atoms with Crippen molar-refractivity contribution in [3.05, 3.63) is 23.8 Å². The summed E-state index contributed by atoms with van der Waals surface area (Å²) in [5.41, 5.74) is 0.372. The third kappa shape index (κ3) is 3.63. The number of hydrogen-bond acceptors (Lipinski definition) is 4. The molecule has 2 rings (SSSR count). The summed E-state index contributed by atoms with van der Waals surface area (Å²) in [4.78, 5) is 14.5. The number of rotatable bonds is 4. The molecule has 1 aromatic rings. The average Bonchev–Trinajstić information content (AvgIpc) is 2.44. The van der Waals surface area contributed by atoms with E-state index in [-0.39, 0.29) is 23.4 Å². The molecule has 0 aromatic heterocycles. The van der Waals surface area contributed by atoms with E-state index in [2.05, 4.69) is 17.1 Å². The highest BCUT2D eigenvalue weighted by molar-refractivity contribution is 5.95. The Bertz CT molecular complexity index is 468. The molecule has 0 bridgehead atoms. The van der Waals surface area contributed by atoms with Gasteiger partial charge in [0.05, 0.1) is 0 Å². The van der Waals surface area contributed by atoms with Gasteiger partial charge in [0.15, 0.2) is 11.5 Å². The van der Waals surface area contributed by atoms with E-state index in [4.69, 9.17) is 0 Å². The zero-order valence-electron chi connectivity index (χ0n) is 11.8. The fourth-order valence-corrected chi connectivity index (χ4v) is 2.55. The quantitative estimate of drug-likeness (QED) is 0.733. The van der Waals surface area contributed by atoms with Gasteiger partial charge in [-0.15, -0.1) is 0 Å². The Kier molecular flexibility index (Phi) is 4.84. The summed E-state index contributed by atoms with van der Waals surface area (Å²) >= 11 is 0. The van der Waals surface area contributed by atoms with Gasteiger partial charge in [0, 0.05) is 24.7 Å². The minimum absolute atomic E-state index is 0.187. The van der Waals surface area contributed by atoms with Crippen LogP contribution in [0.4, 0.5) is 0 Å². The molecule has 0 aliphatic carbocycles. The minimum Gasteiger partial charge on any atom is -0.504 e. The topological polar surface area (TPSA) is 72.8 Å². The Morgan fingerprint density at radius 3 is 2.60 bits per heavy atom. The van der Waals surface area contributed by atoms with Gasteiger partial charge in [-0.25, -0.2) is 0 Å². The number of carbonyl (C=O) groups excluding carboxylic acids is 1. The number of amides is 1. The summed E-state index contributed by atoms with van der Waals surface area (Å²) in [6.07, 6.45) is 3.06. The molecule has 20 heavy (non-hydrogen) atoms. The Morgan fingerprint density at radius 2 is 2.00 bits per heavy atom. The maximum Gasteiger partial charge on any atom is 0.251 e. The number of piperidine rings is 1. The molecule has 1 aliphatic rings. The highest BCUT2D eigenvalue weighted by Gasteiger charge is 2.20. The minimum atomic E-state index is -0.268. The zero-order valence-corrected chi connectivity index (χ0v) is 11.8. The summed E-state index contributed by atoms with van der Waals surface area (Å²) in [5.74, 6) is -0.681.